The van der Waals surface area contributed by atoms with Gasteiger partial charge in [0.05, 0.1) is 13.2 Å². The van der Waals surface area contributed by atoms with Gasteiger partial charge in [0.1, 0.15) is 0 Å². The van der Waals surface area contributed by atoms with Crippen LogP contribution in [0.3, 0.4) is 0 Å². The van der Waals surface area contributed by atoms with E-state index in [9.17, 15) is 10.1 Å². The first-order valence-corrected chi connectivity index (χ1v) is 14.4. The first kappa shape index (κ1) is 31.7. The van der Waals surface area contributed by atoms with Crippen molar-refractivity contribution in [3.63, 3.8) is 0 Å². The molecule has 0 fully saturated rings. The van der Waals surface area contributed by atoms with Crippen molar-refractivity contribution in [2.24, 2.45) is 5.92 Å². The molecule has 1 unspecified atom stereocenters. The quantitative estimate of drug-likeness (QED) is 0.0772. The van der Waals surface area contributed by atoms with Gasteiger partial charge in [-0.25, -0.2) is 0 Å². The van der Waals surface area contributed by atoms with Gasteiger partial charge in [0.2, 0.25) is 0 Å². The van der Waals surface area contributed by atoms with Gasteiger partial charge in [0.15, 0.2) is 0 Å². The molecule has 3 nitrogen and oxygen atoms in total. The lowest BCUT2D eigenvalue weighted by molar-refractivity contribution is -0.140. The molecule has 0 amide bonds. The standard InChI is InChI=1S/C30H55NO2/c1-3-4-5-6-16-19-22-25-29(28-31)26-23-20-17-14-12-10-8-7-9-11-13-15-18-21-24-27-30(32)33-2/h7,9,29H,3-6,8,10-27H2,1-2H3. The van der Waals surface area contributed by atoms with E-state index in [0.717, 1.165) is 25.7 Å². The molecule has 0 saturated carbocycles. The van der Waals surface area contributed by atoms with Crippen LogP contribution in [0.5, 0.6) is 0 Å². The van der Waals surface area contributed by atoms with Crippen molar-refractivity contribution < 1.29 is 9.53 Å². The Hall–Kier alpha value is -1.30. The average Bonchev–Trinajstić information content (AvgIpc) is 2.83. The fourth-order valence-corrected chi connectivity index (χ4v) is 4.38. The van der Waals surface area contributed by atoms with E-state index in [4.69, 9.17) is 0 Å². The number of esters is 1. The molecule has 0 radical (unpaired) electrons. The molecule has 0 aromatic carbocycles. The van der Waals surface area contributed by atoms with Crippen LogP contribution in [0.4, 0.5) is 0 Å². The zero-order chi connectivity index (χ0) is 24.2. The molecule has 1 atom stereocenters. The summed E-state index contributed by atoms with van der Waals surface area (Å²) in [5.74, 6) is 0.213. The summed E-state index contributed by atoms with van der Waals surface area (Å²) in [7, 11) is 1.46. The molecule has 0 heterocycles. The SMILES string of the molecule is CCCCCCCCCC(C#N)CCCCCCCCC=CCCCCCCCC(=O)OC. The van der Waals surface area contributed by atoms with Crippen molar-refractivity contribution in [1.82, 2.24) is 0 Å². The zero-order valence-electron chi connectivity index (χ0n) is 22.3. The molecule has 3 heteroatoms. The number of ether oxygens (including phenoxy) is 1. The number of carbonyl (C=O) groups excluding carboxylic acids is 1. The summed E-state index contributed by atoms with van der Waals surface area (Å²) >= 11 is 0. The van der Waals surface area contributed by atoms with E-state index < -0.39 is 0 Å². The minimum Gasteiger partial charge on any atom is -0.469 e. The van der Waals surface area contributed by atoms with Crippen LogP contribution in [0, 0.1) is 17.2 Å². The Kier molecular flexibility index (Phi) is 25.9. The van der Waals surface area contributed by atoms with E-state index >= 15 is 0 Å². The maximum Gasteiger partial charge on any atom is 0.305 e. The minimum atomic E-state index is -0.0837. The van der Waals surface area contributed by atoms with Crippen molar-refractivity contribution >= 4 is 5.97 Å². The zero-order valence-corrected chi connectivity index (χ0v) is 22.3. The summed E-state index contributed by atoms with van der Waals surface area (Å²) in [6.45, 7) is 2.26. The van der Waals surface area contributed by atoms with Gasteiger partial charge in [0.25, 0.3) is 0 Å². The monoisotopic (exact) mass is 461 g/mol. The highest BCUT2D eigenvalue weighted by molar-refractivity contribution is 5.68. The van der Waals surface area contributed by atoms with Crippen LogP contribution in [-0.2, 0) is 9.53 Å². The highest BCUT2D eigenvalue weighted by atomic mass is 16.5. The molecule has 0 saturated heterocycles. The highest BCUT2D eigenvalue weighted by Crippen LogP contribution is 2.19. The maximum atomic E-state index is 11.0. The molecule has 33 heavy (non-hydrogen) atoms. The van der Waals surface area contributed by atoms with E-state index in [0.29, 0.717) is 12.3 Å². The summed E-state index contributed by atoms with van der Waals surface area (Å²) in [5, 5.41) is 9.38. The predicted molar refractivity (Wildman–Crippen MR) is 142 cm³/mol. The van der Waals surface area contributed by atoms with Crippen LogP contribution in [0.2, 0.25) is 0 Å². The Bertz CT molecular complexity index is 480. The number of carbonyl (C=O) groups is 1. The second-order valence-electron chi connectivity index (χ2n) is 9.79. The molecule has 0 aromatic rings. The summed E-state index contributed by atoms with van der Waals surface area (Å²) in [6.07, 6.45) is 33.0. The number of hydrogen-bond acceptors (Lipinski definition) is 3. The second-order valence-corrected chi connectivity index (χ2v) is 9.79. The van der Waals surface area contributed by atoms with Gasteiger partial charge in [-0.05, 0) is 44.9 Å². The summed E-state index contributed by atoms with van der Waals surface area (Å²) < 4.78 is 4.65. The normalized spacial score (nSPS) is 12.2. The first-order chi connectivity index (χ1) is 16.2. The molecule has 0 rings (SSSR count). The molecule has 0 spiro atoms. The Morgan fingerprint density at radius 2 is 1.12 bits per heavy atom. The summed E-state index contributed by atoms with van der Waals surface area (Å²) in [4.78, 5) is 11.0. The van der Waals surface area contributed by atoms with Crippen molar-refractivity contribution in [3.05, 3.63) is 12.2 Å². The first-order valence-electron chi connectivity index (χ1n) is 14.4. The number of methoxy groups -OCH3 is 1. The minimum absolute atomic E-state index is 0.0837. The molecule has 0 N–H and O–H groups in total. The lowest BCUT2D eigenvalue weighted by Gasteiger charge is -2.09. The third-order valence-electron chi connectivity index (χ3n) is 6.66. The molecule has 0 aliphatic heterocycles. The Labute approximate surface area is 206 Å². The smallest absolute Gasteiger partial charge is 0.305 e. The van der Waals surface area contributed by atoms with E-state index in [-0.39, 0.29) is 5.97 Å². The Morgan fingerprint density at radius 1 is 0.697 bits per heavy atom. The highest BCUT2D eigenvalue weighted by Gasteiger charge is 2.06. The van der Waals surface area contributed by atoms with Gasteiger partial charge in [0, 0.05) is 12.3 Å². The van der Waals surface area contributed by atoms with Crippen LogP contribution in [0.15, 0.2) is 12.2 Å². The number of nitrogens with zero attached hydrogens (tertiary/aromatic N) is 1. The lowest BCUT2D eigenvalue weighted by atomic mass is 9.95. The van der Waals surface area contributed by atoms with Gasteiger partial charge in [-0.15, -0.1) is 0 Å². The fraction of sp³-hybridized carbons (Fsp3) is 0.867. The summed E-state index contributed by atoms with van der Waals surface area (Å²) in [6, 6.07) is 2.55. The Balaban J connectivity index is 3.32. The largest absolute Gasteiger partial charge is 0.469 e. The second kappa shape index (κ2) is 26.9. The molecule has 192 valence electrons. The van der Waals surface area contributed by atoms with E-state index in [1.54, 1.807) is 0 Å². The molecule has 0 bridgehead atoms. The number of unbranched alkanes of at least 4 members (excludes halogenated alkanes) is 17. The molecule has 0 aliphatic rings. The van der Waals surface area contributed by atoms with Gasteiger partial charge in [-0.3, -0.25) is 4.79 Å². The van der Waals surface area contributed by atoms with E-state index in [2.05, 4.69) is 29.9 Å². The van der Waals surface area contributed by atoms with Gasteiger partial charge >= 0.3 is 5.97 Å². The van der Waals surface area contributed by atoms with Crippen LogP contribution in [-0.4, -0.2) is 13.1 Å². The van der Waals surface area contributed by atoms with Gasteiger partial charge in [-0.1, -0.05) is 115 Å². The average molecular weight is 462 g/mol. The fourth-order valence-electron chi connectivity index (χ4n) is 4.38. The maximum absolute atomic E-state index is 11.0. The predicted octanol–water partition coefficient (Wildman–Crippen LogP) is 9.85. The van der Waals surface area contributed by atoms with Gasteiger partial charge < -0.3 is 4.74 Å². The van der Waals surface area contributed by atoms with E-state index in [1.807, 2.05) is 0 Å². The van der Waals surface area contributed by atoms with Crippen molar-refractivity contribution in [2.45, 2.75) is 155 Å². The summed E-state index contributed by atoms with van der Waals surface area (Å²) in [5.41, 5.74) is 0. The number of allylic oxidation sites excluding steroid dienone is 2. The van der Waals surface area contributed by atoms with E-state index in [1.165, 1.54) is 123 Å². The number of nitriles is 1. The number of hydrogen-bond donors (Lipinski definition) is 0. The molecular weight excluding hydrogens is 406 g/mol. The van der Waals surface area contributed by atoms with Crippen LogP contribution in [0.1, 0.15) is 155 Å². The van der Waals surface area contributed by atoms with Crippen LogP contribution < -0.4 is 0 Å². The molecular formula is C30H55NO2. The van der Waals surface area contributed by atoms with Crippen LogP contribution in [0.25, 0.3) is 0 Å². The third kappa shape index (κ3) is 25.2. The van der Waals surface area contributed by atoms with Crippen molar-refractivity contribution in [1.29, 1.82) is 5.26 Å². The van der Waals surface area contributed by atoms with Crippen LogP contribution >= 0.6 is 0 Å². The van der Waals surface area contributed by atoms with Crippen molar-refractivity contribution in [2.75, 3.05) is 7.11 Å². The molecule has 0 aromatic heterocycles. The third-order valence-corrected chi connectivity index (χ3v) is 6.66. The Morgan fingerprint density at radius 3 is 1.58 bits per heavy atom. The lowest BCUT2D eigenvalue weighted by Crippen LogP contribution is -1.98. The topological polar surface area (TPSA) is 50.1 Å². The number of rotatable bonds is 25. The van der Waals surface area contributed by atoms with Crippen molar-refractivity contribution in [3.8, 4) is 6.07 Å². The van der Waals surface area contributed by atoms with Gasteiger partial charge in [-0.2, -0.15) is 5.26 Å². The molecule has 0 aliphatic carbocycles.